The number of nitrogens with zero attached hydrogens (tertiary/aromatic N) is 1. The molecule has 3 nitrogen and oxygen atoms in total. The largest absolute Gasteiger partial charge is 0.392 e. The van der Waals surface area contributed by atoms with Gasteiger partial charge in [0.15, 0.2) is 11.6 Å². The van der Waals surface area contributed by atoms with Crippen molar-refractivity contribution in [3.05, 3.63) is 35.4 Å². The Balaban J connectivity index is 1.89. The first-order chi connectivity index (χ1) is 9.49. The van der Waals surface area contributed by atoms with E-state index >= 15 is 0 Å². The molecule has 5 heteroatoms. The molecule has 0 spiro atoms. The molecule has 1 heterocycles. The van der Waals surface area contributed by atoms with Crippen molar-refractivity contribution in [2.45, 2.75) is 32.0 Å². The molecule has 1 aliphatic rings. The number of rotatable bonds is 4. The molecular formula is C15H21F2NO2. The number of piperidine rings is 1. The lowest BCUT2D eigenvalue weighted by molar-refractivity contribution is 0.0223. The van der Waals surface area contributed by atoms with Crippen LogP contribution in [-0.2, 0) is 0 Å². The van der Waals surface area contributed by atoms with Gasteiger partial charge in [-0.05, 0) is 31.4 Å². The lowest BCUT2D eigenvalue weighted by Crippen LogP contribution is -2.43. The highest BCUT2D eigenvalue weighted by atomic mass is 19.2. The fraction of sp³-hybridized carbons (Fsp3) is 0.600. The normalized spacial score (nSPS) is 25.6. The number of hydrogen-bond acceptors (Lipinski definition) is 3. The Hall–Kier alpha value is -1.04. The summed E-state index contributed by atoms with van der Waals surface area (Å²) in [7, 11) is 0. The Morgan fingerprint density at radius 1 is 1.40 bits per heavy atom. The van der Waals surface area contributed by atoms with Gasteiger partial charge in [0.1, 0.15) is 0 Å². The molecule has 1 saturated heterocycles. The van der Waals surface area contributed by atoms with Gasteiger partial charge < -0.3 is 15.1 Å². The van der Waals surface area contributed by atoms with Gasteiger partial charge in [0, 0.05) is 18.7 Å². The molecule has 1 aromatic rings. The number of benzene rings is 1. The van der Waals surface area contributed by atoms with Crippen LogP contribution in [0.4, 0.5) is 8.78 Å². The predicted octanol–water partition coefficient (Wildman–Crippen LogP) is 2.09. The van der Waals surface area contributed by atoms with Crippen molar-refractivity contribution in [1.29, 1.82) is 0 Å². The molecule has 1 aromatic carbocycles. The number of halogens is 2. The molecule has 0 amide bonds. The van der Waals surface area contributed by atoms with E-state index in [-0.39, 0.29) is 17.6 Å². The Labute approximate surface area is 117 Å². The van der Waals surface area contributed by atoms with Gasteiger partial charge >= 0.3 is 0 Å². The molecular weight excluding hydrogens is 264 g/mol. The summed E-state index contributed by atoms with van der Waals surface area (Å²) in [5, 5.41) is 19.8. The summed E-state index contributed by atoms with van der Waals surface area (Å²) < 4.78 is 26.6. The molecule has 3 unspecified atom stereocenters. The quantitative estimate of drug-likeness (QED) is 0.890. The van der Waals surface area contributed by atoms with Crippen molar-refractivity contribution in [2.24, 2.45) is 5.92 Å². The molecule has 0 radical (unpaired) electrons. The van der Waals surface area contributed by atoms with E-state index in [4.69, 9.17) is 0 Å². The standard InChI is InChI=1S/C15H21F2NO2/c1-10-5-7-18(9-14(10)20)8-6-13(19)11-3-2-4-12(16)15(11)17/h2-4,10,13-14,19-20H,5-9H2,1H3. The minimum atomic E-state index is -1.03. The predicted molar refractivity (Wildman–Crippen MR) is 72.2 cm³/mol. The smallest absolute Gasteiger partial charge is 0.164 e. The van der Waals surface area contributed by atoms with E-state index in [0.29, 0.717) is 19.5 Å². The van der Waals surface area contributed by atoms with E-state index in [1.807, 2.05) is 11.8 Å². The van der Waals surface area contributed by atoms with Gasteiger partial charge in [-0.2, -0.15) is 0 Å². The zero-order valence-electron chi connectivity index (χ0n) is 11.6. The highest BCUT2D eigenvalue weighted by molar-refractivity contribution is 5.21. The summed E-state index contributed by atoms with van der Waals surface area (Å²) in [4.78, 5) is 2.05. The monoisotopic (exact) mass is 285 g/mol. The van der Waals surface area contributed by atoms with Gasteiger partial charge in [-0.1, -0.05) is 19.1 Å². The third-order valence-corrected chi connectivity index (χ3v) is 4.06. The van der Waals surface area contributed by atoms with Crippen LogP contribution in [0.15, 0.2) is 18.2 Å². The molecule has 0 saturated carbocycles. The molecule has 112 valence electrons. The molecule has 1 fully saturated rings. The van der Waals surface area contributed by atoms with Crippen LogP contribution in [0.3, 0.4) is 0 Å². The summed E-state index contributed by atoms with van der Waals surface area (Å²) in [5.41, 5.74) is -0.00377. The third-order valence-electron chi connectivity index (χ3n) is 4.06. The zero-order valence-corrected chi connectivity index (χ0v) is 11.6. The number of aliphatic hydroxyl groups excluding tert-OH is 2. The average Bonchev–Trinajstić information content (AvgIpc) is 2.43. The summed E-state index contributed by atoms with van der Waals surface area (Å²) in [6.45, 7) is 4.00. The van der Waals surface area contributed by atoms with Gasteiger partial charge in [0.2, 0.25) is 0 Å². The van der Waals surface area contributed by atoms with Crippen molar-refractivity contribution in [2.75, 3.05) is 19.6 Å². The first kappa shape index (κ1) is 15.4. The Morgan fingerprint density at radius 2 is 2.15 bits per heavy atom. The fourth-order valence-corrected chi connectivity index (χ4v) is 2.56. The van der Waals surface area contributed by atoms with Crippen LogP contribution >= 0.6 is 0 Å². The Morgan fingerprint density at radius 3 is 2.85 bits per heavy atom. The number of β-amino-alcohol motifs (C(OH)–C–C–N with tert-alkyl or cyclic N) is 1. The van der Waals surface area contributed by atoms with E-state index in [1.54, 1.807) is 0 Å². The number of likely N-dealkylation sites (tertiary alicyclic amines) is 1. The van der Waals surface area contributed by atoms with E-state index in [9.17, 15) is 19.0 Å². The highest BCUT2D eigenvalue weighted by Crippen LogP contribution is 2.23. The van der Waals surface area contributed by atoms with Crippen LogP contribution in [0.1, 0.15) is 31.4 Å². The Bertz CT molecular complexity index is 455. The molecule has 0 bridgehead atoms. The second kappa shape index (κ2) is 6.61. The molecule has 20 heavy (non-hydrogen) atoms. The maximum absolute atomic E-state index is 13.5. The number of aliphatic hydroxyl groups is 2. The molecule has 2 N–H and O–H groups in total. The average molecular weight is 285 g/mol. The van der Waals surface area contributed by atoms with Crippen LogP contribution in [0.5, 0.6) is 0 Å². The minimum Gasteiger partial charge on any atom is -0.392 e. The molecule has 0 aliphatic carbocycles. The summed E-state index contributed by atoms with van der Waals surface area (Å²) in [6.07, 6.45) is -0.151. The van der Waals surface area contributed by atoms with Crippen LogP contribution in [-0.4, -0.2) is 40.9 Å². The van der Waals surface area contributed by atoms with Gasteiger partial charge in [-0.15, -0.1) is 0 Å². The molecule has 2 rings (SSSR count). The Kier molecular flexibility index (Phi) is 5.07. The van der Waals surface area contributed by atoms with Gasteiger partial charge in [-0.25, -0.2) is 8.78 Å². The third kappa shape index (κ3) is 3.53. The van der Waals surface area contributed by atoms with Gasteiger partial charge in [0.25, 0.3) is 0 Å². The summed E-state index contributed by atoms with van der Waals surface area (Å²) >= 11 is 0. The van der Waals surface area contributed by atoms with Crippen LogP contribution in [0.2, 0.25) is 0 Å². The SMILES string of the molecule is CC1CCN(CCC(O)c2cccc(F)c2F)CC1O. The fourth-order valence-electron chi connectivity index (χ4n) is 2.56. The van der Waals surface area contributed by atoms with Crippen molar-refractivity contribution in [3.63, 3.8) is 0 Å². The zero-order chi connectivity index (χ0) is 14.7. The van der Waals surface area contributed by atoms with Crippen molar-refractivity contribution in [3.8, 4) is 0 Å². The first-order valence-corrected chi connectivity index (χ1v) is 7.01. The highest BCUT2D eigenvalue weighted by Gasteiger charge is 2.25. The number of hydrogen-bond donors (Lipinski definition) is 2. The van der Waals surface area contributed by atoms with E-state index in [1.165, 1.54) is 12.1 Å². The maximum Gasteiger partial charge on any atom is 0.164 e. The van der Waals surface area contributed by atoms with Crippen LogP contribution < -0.4 is 0 Å². The minimum absolute atomic E-state index is 0.00377. The summed E-state index contributed by atoms with van der Waals surface area (Å²) in [6, 6.07) is 3.83. The summed E-state index contributed by atoms with van der Waals surface area (Å²) in [5.74, 6) is -1.63. The lowest BCUT2D eigenvalue weighted by atomic mass is 9.95. The van der Waals surface area contributed by atoms with E-state index in [0.717, 1.165) is 19.0 Å². The molecule has 1 aliphatic heterocycles. The van der Waals surface area contributed by atoms with Gasteiger partial charge in [-0.3, -0.25) is 0 Å². The second-order valence-electron chi connectivity index (χ2n) is 5.58. The van der Waals surface area contributed by atoms with E-state index < -0.39 is 17.7 Å². The molecule has 3 atom stereocenters. The van der Waals surface area contributed by atoms with E-state index in [2.05, 4.69) is 0 Å². The molecule has 0 aromatic heterocycles. The van der Waals surface area contributed by atoms with Crippen molar-refractivity contribution < 1.29 is 19.0 Å². The van der Waals surface area contributed by atoms with Crippen molar-refractivity contribution in [1.82, 2.24) is 4.90 Å². The first-order valence-electron chi connectivity index (χ1n) is 7.01. The lowest BCUT2D eigenvalue weighted by Gasteiger charge is -2.34. The second-order valence-corrected chi connectivity index (χ2v) is 5.58. The van der Waals surface area contributed by atoms with Crippen LogP contribution in [0, 0.1) is 17.6 Å². The van der Waals surface area contributed by atoms with Crippen LogP contribution in [0.25, 0.3) is 0 Å². The van der Waals surface area contributed by atoms with Gasteiger partial charge in [0.05, 0.1) is 12.2 Å². The maximum atomic E-state index is 13.5. The topological polar surface area (TPSA) is 43.7 Å². The van der Waals surface area contributed by atoms with Crippen molar-refractivity contribution >= 4 is 0 Å².